The molecule has 1 aromatic heterocycles. The van der Waals surface area contributed by atoms with Crippen LogP contribution >= 0.6 is 11.6 Å². The normalized spacial score (nSPS) is 15.6. The summed E-state index contributed by atoms with van der Waals surface area (Å²) in [6.07, 6.45) is 1.13. The second kappa shape index (κ2) is 10.1. The third-order valence-corrected chi connectivity index (χ3v) is 5.69. The van der Waals surface area contributed by atoms with Gasteiger partial charge in [-0.05, 0) is 57.0 Å². The van der Waals surface area contributed by atoms with Gasteiger partial charge in [-0.25, -0.2) is 0 Å². The molecule has 1 saturated heterocycles. The third-order valence-electron chi connectivity index (χ3n) is 5.36. The molecule has 4 rings (SSSR count). The number of carbonyl (C=O) groups excluding carboxylic acids is 2. The molecule has 2 amide bonds. The van der Waals surface area contributed by atoms with Crippen LogP contribution < -0.4 is 5.32 Å². The molecule has 0 spiro atoms. The van der Waals surface area contributed by atoms with Gasteiger partial charge in [-0.3, -0.25) is 9.59 Å². The maximum absolute atomic E-state index is 13.3. The number of benzene rings is 2. The summed E-state index contributed by atoms with van der Waals surface area (Å²) < 4.78 is 11.2. The highest BCUT2D eigenvalue weighted by Gasteiger charge is 2.25. The molecule has 1 aliphatic heterocycles. The van der Waals surface area contributed by atoms with Crippen LogP contribution in [0.2, 0.25) is 5.02 Å². The van der Waals surface area contributed by atoms with Crippen molar-refractivity contribution >= 4 is 29.1 Å². The molecule has 8 nitrogen and oxygen atoms in total. The summed E-state index contributed by atoms with van der Waals surface area (Å²) in [4.78, 5) is 27.3. The number of hydrogen-bond acceptors (Lipinski definition) is 6. The van der Waals surface area contributed by atoms with Crippen molar-refractivity contribution in [2.45, 2.75) is 45.4 Å². The van der Waals surface area contributed by atoms with Crippen LogP contribution in [0, 0.1) is 0 Å². The highest BCUT2D eigenvalue weighted by Crippen LogP contribution is 2.27. The van der Waals surface area contributed by atoms with Crippen molar-refractivity contribution in [2.75, 3.05) is 11.9 Å². The van der Waals surface area contributed by atoms with Crippen LogP contribution in [0.5, 0.6) is 0 Å². The molecule has 1 N–H and O–H groups in total. The first-order valence-electron chi connectivity index (χ1n) is 10.8. The fraction of sp³-hybridized carbons (Fsp3) is 0.333. The van der Waals surface area contributed by atoms with Crippen LogP contribution in [-0.2, 0) is 16.1 Å². The van der Waals surface area contributed by atoms with Crippen LogP contribution in [0.25, 0.3) is 11.5 Å². The molecular weight excluding hydrogens is 444 g/mol. The first kappa shape index (κ1) is 22.9. The molecule has 1 atom stereocenters. The van der Waals surface area contributed by atoms with Gasteiger partial charge < -0.3 is 19.4 Å². The van der Waals surface area contributed by atoms with E-state index in [9.17, 15) is 9.59 Å². The highest BCUT2D eigenvalue weighted by atomic mass is 35.5. The second-order valence-corrected chi connectivity index (χ2v) is 8.49. The van der Waals surface area contributed by atoms with E-state index < -0.39 is 6.10 Å². The Morgan fingerprint density at radius 3 is 2.73 bits per heavy atom. The molecule has 172 valence electrons. The molecule has 1 fully saturated rings. The minimum absolute atomic E-state index is 0.127. The second-order valence-electron chi connectivity index (χ2n) is 8.08. The van der Waals surface area contributed by atoms with E-state index in [1.54, 1.807) is 41.3 Å². The van der Waals surface area contributed by atoms with Crippen LogP contribution in [-0.4, -0.2) is 45.7 Å². The Morgan fingerprint density at radius 2 is 2.00 bits per heavy atom. The molecule has 2 heterocycles. The van der Waals surface area contributed by atoms with Crippen molar-refractivity contribution in [3.05, 3.63) is 65.0 Å². The molecular formula is C24H25ClN4O4. The van der Waals surface area contributed by atoms with Gasteiger partial charge in [0.25, 0.3) is 11.8 Å². The van der Waals surface area contributed by atoms with Crippen molar-refractivity contribution in [3.63, 3.8) is 0 Å². The van der Waals surface area contributed by atoms with Gasteiger partial charge in [0.05, 0.1) is 17.1 Å². The van der Waals surface area contributed by atoms with E-state index in [1.165, 1.54) is 0 Å². The predicted octanol–water partition coefficient (Wildman–Crippen LogP) is 4.56. The van der Waals surface area contributed by atoms with Crippen LogP contribution in [0.4, 0.5) is 5.69 Å². The summed E-state index contributed by atoms with van der Waals surface area (Å²) in [6, 6.07) is 13.9. The lowest BCUT2D eigenvalue weighted by atomic mass is 10.1. The fourth-order valence-electron chi connectivity index (χ4n) is 3.60. The van der Waals surface area contributed by atoms with Gasteiger partial charge in [0.15, 0.2) is 0 Å². The smallest absolute Gasteiger partial charge is 0.254 e. The number of amides is 2. The maximum Gasteiger partial charge on any atom is 0.254 e. The lowest BCUT2D eigenvalue weighted by Gasteiger charge is -2.25. The van der Waals surface area contributed by atoms with Gasteiger partial charge in [0, 0.05) is 23.9 Å². The first-order valence-corrected chi connectivity index (χ1v) is 11.2. The van der Waals surface area contributed by atoms with E-state index in [2.05, 4.69) is 15.5 Å². The minimum Gasteiger partial charge on any atom is -0.419 e. The topological polar surface area (TPSA) is 97.6 Å². The van der Waals surface area contributed by atoms with E-state index in [0.717, 1.165) is 6.42 Å². The number of aromatic nitrogens is 2. The Kier molecular flexibility index (Phi) is 7.05. The zero-order valence-electron chi connectivity index (χ0n) is 18.5. The summed E-state index contributed by atoms with van der Waals surface area (Å²) >= 11 is 6.22. The molecule has 3 aromatic rings. The zero-order chi connectivity index (χ0) is 23.4. The lowest BCUT2D eigenvalue weighted by Crippen LogP contribution is -2.36. The maximum atomic E-state index is 13.3. The SMILES string of the molecule is CC(C)N(Cc1nnc(-c2ccccc2Cl)o1)C(=O)c1cccc(NC(=O)C2CCCO2)c1. The van der Waals surface area contributed by atoms with Crippen LogP contribution in [0.1, 0.15) is 42.9 Å². The molecule has 1 unspecified atom stereocenters. The van der Waals surface area contributed by atoms with Crippen LogP contribution in [0.15, 0.2) is 52.9 Å². The van der Waals surface area contributed by atoms with Crippen molar-refractivity contribution in [3.8, 4) is 11.5 Å². The number of rotatable bonds is 7. The van der Waals surface area contributed by atoms with Crippen molar-refractivity contribution < 1.29 is 18.7 Å². The molecule has 33 heavy (non-hydrogen) atoms. The van der Waals surface area contributed by atoms with Gasteiger partial charge in [0.2, 0.25) is 11.8 Å². The number of ether oxygens (including phenoxy) is 1. The summed E-state index contributed by atoms with van der Waals surface area (Å²) in [5, 5.41) is 11.5. The highest BCUT2D eigenvalue weighted by molar-refractivity contribution is 6.33. The van der Waals surface area contributed by atoms with E-state index in [-0.39, 0.29) is 24.4 Å². The van der Waals surface area contributed by atoms with E-state index in [1.807, 2.05) is 26.0 Å². The van der Waals surface area contributed by atoms with Gasteiger partial charge in [0.1, 0.15) is 6.10 Å². The Morgan fingerprint density at radius 1 is 1.18 bits per heavy atom. The van der Waals surface area contributed by atoms with E-state index in [0.29, 0.717) is 46.6 Å². The van der Waals surface area contributed by atoms with Gasteiger partial charge in [-0.15, -0.1) is 10.2 Å². The average Bonchev–Trinajstić information content (AvgIpc) is 3.50. The average molecular weight is 469 g/mol. The molecule has 0 bridgehead atoms. The summed E-state index contributed by atoms with van der Waals surface area (Å²) in [5.41, 5.74) is 1.62. The van der Waals surface area contributed by atoms with E-state index >= 15 is 0 Å². The van der Waals surface area contributed by atoms with Crippen LogP contribution in [0.3, 0.4) is 0 Å². The molecule has 0 radical (unpaired) electrons. The summed E-state index contributed by atoms with van der Waals surface area (Å²) in [6.45, 7) is 4.55. The standard InChI is InChI=1S/C24H25ClN4O4/c1-15(2)29(14-21-27-28-23(33-21)18-9-3-4-10-19(18)25)24(31)16-7-5-8-17(13-16)26-22(30)20-11-6-12-32-20/h3-5,7-10,13,15,20H,6,11-12,14H2,1-2H3,(H,26,30). The van der Waals surface area contributed by atoms with Crippen molar-refractivity contribution in [1.82, 2.24) is 15.1 Å². The zero-order valence-corrected chi connectivity index (χ0v) is 19.2. The van der Waals surface area contributed by atoms with Crippen molar-refractivity contribution in [1.29, 1.82) is 0 Å². The third kappa shape index (κ3) is 5.40. The number of hydrogen-bond donors (Lipinski definition) is 1. The Hall–Kier alpha value is -3.23. The minimum atomic E-state index is -0.443. The van der Waals surface area contributed by atoms with E-state index in [4.69, 9.17) is 20.8 Å². The lowest BCUT2D eigenvalue weighted by molar-refractivity contribution is -0.124. The first-order chi connectivity index (χ1) is 15.9. The number of carbonyl (C=O) groups is 2. The Balaban J connectivity index is 1.49. The van der Waals surface area contributed by atoms with Gasteiger partial charge >= 0.3 is 0 Å². The Labute approximate surface area is 196 Å². The molecule has 0 saturated carbocycles. The number of anilines is 1. The van der Waals surface area contributed by atoms with Gasteiger partial charge in [-0.1, -0.05) is 29.8 Å². The number of nitrogens with one attached hydrogen (secondary N) is 1. The van der Waals surface area contributed by atoms with Crippen molar-refractivity contribution in [2.24, 2.45) is 0 Å². The molecule has 1 aliphatic rings. The number of halogens is 1. The monoisotopic (exact) mass is 468 g/mol. The molecule has 2 aromatic carbocycles. The fourth-order valence-corrected chi connectivity index (χ4v) is 3.82. The molecule has 9 heteroatoms. The largest absolute Gasteiger partial charge is 0.419 e. The quantitative estimate of drug-likeness (QED) is 0.546. The number of nitrogens with zero attached hydrogens (tertiary/aromatic N) is 3. The Bertz CT molecular complexity index is 1140. The summed E-state index contributed by atoms with van der Waals surface area (Å²) in [5.74, 6) is 0.187. The summed E-state index contributed by atoms with van der Waals surface area (Å²) in [7, 11) is 0. The predicted molar refractivity (Wildman–Crippen MR) is 124 cm³/mol. The van der Waals surface area contributed by atoms with Gasteiger partial charge in [-0.2, -0.15) is 0 Å². The molecule has 0 aliphatic carbocycles.